The number of benzene rings is 1. The van der Waals surface area contributed by atoms with Gasteiger partial charge in [-0.15, -0.1) is 0 Å². The lowest BCUT2D eigenvalue weighted by molar-refractivity contribution is -0.0102. The molecule has 1 aromatic heterocycles. The molecule has 1 aliphatic heterocycles. The Morgan fingerprint density at radius 1 is 1.28 bits per heavy atom. The van der Waals surface area contributed by atoms with Crippen LogP contribution in [0.1, 0.15) is 81.4 Å². The number of nitrogens with one attached hydrogen (secondary N) is 1. The first kappa shape index (κ1) is 25.3. The van der Waals surface area contributed by atoms with Crippen LogP contribution in [0.25, 0.3) is 0 Å². The van der Waals surface area contributed by atoms with Crippen molar-refractivity contribution in [3.05, 3.63) is 52.7 Å². The second-order valence-electron chi connectivity index (χ2n) is 8.04. The molecule has 32 heavy (non-hydrogen) atoms. The zero-order chi connectivity index (χ0) is 23.9. The van der Waals surface area contributed by atoms with Gasteiger partial charge >= 0.3 is 0 Å². The molecule has 1 fully saturated rings. The van der Waals surface area contributed by atoms with Crippen LogP contribution in [-0.4, -0.2) is 29.9 Å². The van der Waals surface area contributed by atoms with E-state index < -0.39 is 11.8 Å². The molecule has 0 spiro atoms. The highest BCUT2D eigenvalue weighted by Crippen LogP contribution is 2.32. The largest absolute Gasteiger partial charge is 0.356 e. The fourth-order valence-electron chi connectivity index (χ4n) is 3.66. The lowest BCUT2D eigenvalue weighted by atomic mass is 10.0. The van der Waals surface area contributed by atoms with E-state index in [0.717, 1.165) is 5.56 Å². The van der Waals surface area contributed by atoms with Crippen LogP contribution in [0, 0.1) is 18.3 Å². The summed E-state index contributed by atoms with van der Waals surface area (Å²) < 4.78 is 27.7. The van der Waals surface area contributed by atoms with Crippen LogP contribution < -0.4 is 10.2 Å². The highest BCUT2D eigenvalue weighted by atomic mass is 19.3. The molecule has 1 saturated heterocycles. The quantitative estimate of drug-likeness (QED) is 0.582. The summed E-state index contributed by atoms with van der Waals surface area (Å²) >= 11 is 0. The van der Waals surface area contributed by atoms with Crippen molar-refractivity contribution in [2.45, 2.75) is 65.7 Å². The third-order valence-corrected chi connectivity index (χ3v) is 5.49. The highest BCUT2D eigenvalue weighted by Gasteiger charge is 2.33. The maximum atomic E-state index is 13.8. The van der Waals surface area contributed by atoms with Crippen molar-refractivity contribution < 1.29 is 15.0 Å². The molecular weight excluding hydrogens is 410 g/mol. The van der Waals surface area contributed by atoms with Gasteiger partial charge in [-0.05, 0) is 42.5 Å². The average molecular weight is 445 g/mol. The number of pyridine rings is 1. The van der Waals surface area contributed by atoms with Crippen LogP contribution in [0.5, 0.6) is 0 Å². The summed E-state index contributed by atoms with van der Waals surface area (Å²) in [7, 11) is 0. The molecule has 0 bridgehead atoms. The first-order chi connectivity index (χ1) is 15.2. The summed E-state index contributed by atoms with van der Waals surface area (Å²) in [5.74, 6) is -2.46. The standard InChI is InChI=1S/C23H26F2N4O.C2H6.H2/c1-15(2)17-6-4-7-19(12-17)28-22(30)20-16(3)18(13-26)14-27-21(20)29-10-5-8-23(24,25)9-11-29;1-2;/h4,6-7,12,14-15H,5,8-11H2,1-3H3,(H,28,30);1-2H3;1H. The Morgan fingerprint density at radius 3 is 2.66 bits per heavy atom. The topological polar surface area (TPSA) is 69.0 Å². The van der Waals surface area contributed by atoms with Gasteiger partial charge in [-0.3, -0.25) is 4.79 Å². The van der Waals surface area contributed by atoms with Gasteiger partial charge in [0.25, 0.3) is 5.91 Å². The monoisotopic (exact) mass is 444 g/mol. The van der Waals surface area contributed by atoms with Crippen molar-refractivity contribution in [3.8, 4) is 6.07 Å². The van der Waals surface area contributed by atoms with Crippen molar-refractivity contribution in [1.29, 1.82) is 5.26 Å². The van der Waals surface area contributed by atoms with Gasteiger partial charge < -0.3 is 10.2 Å². The summed E-state index contributed by atoms with van der Waals surface area (Å²) in [6.07, 6.45) is 1.25. The van der Waals surface area contributed by atoms with Crippen molar-refractivity contribution in [2.75, 3.05) is 23.3 Å². The Balaban J connectivity index is 0.00000177. The maximum Gasteiger partial charge on any atom is 0.259 e. The zero-order valence-electron chi connectivity index (χ0n) is 19.5. The zero-order valence-corrected chi connectivity index (χ0v) is 19.5. The third-order valence-electron chi connectivity index (χ3n) is 5.49. The van der Waals surface area contributed by atoms with Gasteiger partial charge in [0.2, 0.25) is 5.92 Å². The number of amides is 1. The second-order valence-corrected chi connectivity index (χ2v) is 8.04. The first-order valence-corrected chi connectivity index (χ1v) is 11.2. The van der Waals surface area contributed by atoms with Crippen molar-refractivity contribution >= 4 is 17.4 Å². The molecule has 2 aromatic rings. The van der Waals surface area contributed by atoms with Crippen LogP contribution in [-0.2, 0) is 0 Å². The van der Waals surface area contributed by atoms with E-state index >= 15 is 0 Å². The van der Waals surface area contributed by atoms with E-state index in [2.05, 4.69) is 30.2 Å². The molecule has 0 atom stereocenters. The Bertz CT molecular complexity index is 989. The molecule has 0 radical (unpaired) electrons. The second kappa shape index (κ2) is 11.0. The fourth-order valence-corrected chi connectivity index (χ4v) is 3.66. The molecule has 5 nitrogen and oxygen atoms in total. The number of anilines is 2. The lowest BCUT2D eigenvalue weighted by Gasteiger charge is -2.25. The number of aromatic nitrogens is 1. The van der Waals surface area contributed by atoms with E-state index in [-0.39, 0.29) is 26.4 Å². The maximum absolute atomic E-state index is 13.8. The number of alkyl halides is 2. The molecule has 1 N–H and O–H groups in total. The smallest absolute Gasteiger partial charge is 0.259 e. The Hall–Kier alpha value is -3.01. The number of carbonyl (C=O) groups is 1. The van der Waals surface area contributed by atoms with E-state index in [0.29, 0.717) is 41.5 Å². The number of nitriles is 1. The van der Waals surface area contributed by atoms with E-state index in [9.17, 15) is 18.8 Å². The van der Waals surface area contributed by atoms with Crippen molar-refractivity contribution in [1.82, 2.24) is 4.98 Å². The molecule has 1 amide bonds. The van der Waals surface area contributed by atoms with Crippen LogP contribution in [0.3, 0.4) is 0 Å². The van der Waals surface area contributed by atoms with Crippen LogP contribution in [0.15, 0.2) is 30.5 Å². The van der Waals surface area contributed by atoms with Gasteiger partial charge in [-0.2, -0.15) is 5.26 Å². The Kier molecular flexibility index (Phi) is 8.71. The molecule has 174 valence electrons. The minimum absolute atomic E-state index is 0. The highest BCUT2D eigenvalue weighted by molar-refractivity contribution is 6.09. The van der Waals surface area contributed by atoms with Gasteiger partial charge in [0.1, 0.15) is 11.9 Å². The van der Waals surface area contributed by atoms with Gasteiger partial charge in [0.05, 0.1) is 11.1 Å². The summed E-state index contributed by atoms with van der Waals surface area (Å²) in [6.45, 7) is 10.3. The summed E-state index contributed by atoms with van der Waals surface area (Å²) in [4.78, 5) is 19.3. The molecule has 2 heterocycles. The normalized spacial score (nSPS) is 15.3. The molecule has 0 unspecified atom stereocenters. The van der Waals surface area contributed by atoms with Crippen molar-refractivity contribution in [2.24, 2.45) is 0 Å². The predicted octanol–water partition coefficient (Wildman–Crippen LogP) is 6.54. The number of carbonyl (C=O) groups excluding carboxylic acids is 1. The first-order valence-electron chi connectivity index (χ1n) is 11.2. The van der Waals surface area contributed by atoms with Gasteiger partial charge in [0.15, 0.2) is 0 Å². The minimum atomic E-state index is -2.71. The molecule has 0 aliphatic carbocycles. The summed E-state index contributed by atoms with van der Waals surface area (Å²) in [5, 5.41) is 12.3. The van der Waals surface area contributed by atoms with Crippen LogP contribution in [0.4, 0.5) is 20.3 Å². The Labute approximate surface area is 190 Å². The van der Waals surface area contributed by atoms with Gasteiger partial charge in [0, 0.05) is 39.2 Å². The van der Waals surface area contributed by atoms with Gasteiger partial charge in [-0.1, -0.05) is 39.8 Å². The van der Waals surface area contributed by atoms with E-state index in [1.54, 1.807) is 17.9 Å². The number of rotatable bonds is 4. The SMILES string of the molecule is CC.Cc1c(C#N)cnc(N2CCCC(F)(F)CC2)c1C(=O)Nc1cccc(C(C)C)c1.[HH]. The van der Waals surface area contributed by atoms with Crippen LogP contribution in [0.2, 0.25) is 0 Å². The molecule has 0 saturated carbocycles. The number of hydrogen-bond acceptors (Lipinski definition) is 4. The van der Waals surface area contributed by atoms with Gasteiger partial charge in [-0.25, -0.2) is 13.8 Å². The minimum Gasteiger partial charge on any atom is -0.356 e. The molecule has 1 aliphatic rings. The Morgan fingerprint density at radius 2 is 2.00 bits per heavy atom. The number of hydrogen-bond donors (Lipinski definition) is 1. The average Bonchev–Trinajstić information content (AvgIpc) is 2.95. The molecular formula is C25H34F2N4O. The van der Waals surface area contributed by atoms with Crippen LogP contribution >= 0.6 is 0 Å². The molecule has 7 heteroatoms. The summed E-state index contributed by atoms with van der Waals surface area (Å²) in [5.41, 5.74) is 2.77. The predicted molar refractivity (Wildman–Crippen MR) is 127 cm³/mol. The molecule has 1 aromatic carbocycles. The summed E-state index contributed by atoms with van der Waals surface area (Å²) in [6, 6.07) is 9.63. The third kappa shape index (κ3) is 6.03. The van der Waals surface area contributed by atoms with E-state index in [4.69, 9.17) is 0 Å². The molecule has 3 rings (SSSR count). The van der Waals surface area contributed by atoms with E-state index in [1.807, 2.05) is 32.0 Å². The van der Waals surface area contributed by atoms with E-state index in [1.165, 1.54) is 6.20 Å². The number of nitrogens with zero attached hydrogens (tertiary/aromatic N) is 3. The fraction of sp³-hybridized carbons (Fsp3) is 0.480. The van der Waals surface area contributed by atoms with Crippen molar-refractivity contribution in [3.63, 3.8) is 0 Å². The number of halogens is 2. The lowest BCUT2D eigenvalue weighted by Crippen LogP contribution is -2.30.